The molecule has 170 valence electrons. The predicted octanol–water partition coefficient (Wildman–Crippen LogP) is 4.18. The Balaban J connectivity index is 2.18. The van der Waals surface area contributed by atoms with E-state index < -0.39 is 17.4 Å². The van der Waals surface area contributed by atoms with Gasteiger partial charge in [0.15, 0.2) is 5.69 Å². The molecular formula is C22H25F3N6O. The van der Waals surface area contributed by atoms with Crippen LogP contribution in [0.15, 0.2) is 24.5 Å². The van der Waals surface area contributed by atoms with Crippen LogP contribution in [0.3, 0.4) is 0 Å². The number of unbranched alkanes of at least 4 members (excludes halogenated alkanes) is 1. The van der Waals surface area contributed by atoms with Crippen molar-refractivity contribution in [2.24, 2.45) is 5.73 Å². The highest BCUT2D eigenvalue weighted by Crippen LogP contribution is 2.34. The molecule has 4 N–H and O–H groups in total. The summed E-state index contributed by atoms with van der Waals surface area (Å²) in [7, 11) is 0. The number of halogens is 3. The van der Waals surface area contributed by atoms with Crippen molar-refractivity contribution >= 4 is 23.8 Å². The molecule has 0 atom stereocenters. The number of pyridine rings is 1. The topological polar surface area (TPSA) is 112 Å². The molecule has 3 heterocycles. The number of aromatic nitrogens is 3. The van der Waals surface area contributed by atoms with Crippen LogP contribution in [-0.4, -0.2) is 51.5 Å². The molecule has 1 aliphatic heterocycles. The average Bonchev–Trinajstić information content (AvgIpc) is 3.14. The zero-order chi connectivity index (χ0) is 23.5. The minimum Gasteiger partial charge on any atom is -0.394 e. The molecule has 0 saturated carbocycles. The van der Waals surface area contributed by atoms with Crippen LogP contribution in [-0.2, 0) is 6.42 Å². The van der Waals surface area contributed by atoms with Gasteiger partial charge in [-0.05, 0) is 37.0 Å². The Morgan fingerprint density at radius 1 is 1.41 bits per heavy atom. The van der Waals surface area contributed by atoms with E-state index in [1.165, 1.54) is 18.3 Å². The third kappa shape index (κ3) is 4.44. The fourth-order valence-electron chi connectivity index (χ4n) is 3.49. The molecule has 1 fully saturated rings. The summed E-state index contributed by atoms with van der Waals surface area (Å²) in [5.74, 6) is -0.220. The second-order valence-corrected chi connectivity index (χ2v) is 7.51. The van der Waals surface area contributed by atoms with Gasteiger partial charge in [0.1, 0.15) is 5.70 Å². The van der Waals surface area contributed by atoms with E-state index in [0.717, 1.165) is 19.3 Å². The van der Waals surface area contributed by atoms with Crippen molar-refractivity contribution in [1.82, 2.24) is 20.1 Å². The molecular weight excluding hydrogens is 421 g/mol. The number of likely N-dealkylation sites (tertiary alicyclic amines) is 1. The van der Waals surface area contributed by atoms with Gasteiger partial charge in [0.05, 0.1) is 11.4 Å². The molecule has 32 heavy (non-hydrogen) atoms. The summed E-state index contributed by atoms with van der Waals surface area (Å²) < 4.78 is 39.5. The van der Waals surface area contributed by atoms with E-state index in [-0.39, 0.29) is 17.3 Å². The van der Waals surface area contributed by atoms with Crippen LogP contribution in [0, 0.1) is 5.41 Å². The zero-order valence-corrected chi connectivity index (χ0v) is 17.7. The molecule has 0 bridgehead atoms. The number of nitrogens with zero attached hydrogens (tertiary/aromatic N) is 3. The standard InChI is InChI=1S/C22H25F3N6O/c1-3-5-7-13-10-17(14(11-26)20(27)22(23,24)25)28-12-15(13)18-16(4-2)29-30-19(18)21(32)31-8-6-9-31/h4,10-12,26H,2-3,5-9,27H2,1H3,(H,29,30). The number of carbonyl (C=O) groups excluding carboxylic acids is 1. The zero-order valence-electron chi connectivity index (χ0n) is 17.7. The fraction of sp³-hybridized carbons (Fsp3) is 0.364. The van der Waals surface area contributed by atoms with Crippen LogP contribution in [0.4, 0.5) is 13.2 Å². The molecule has 3 rings (SSSR count). The van der Waals surface area contributed by atoms with E-state index >= 15 is 0 Å². The van der Waals surface area contributed by atoms with Crippen molar-refractivity contribution in [2.75, 3.05) is 13.1 Å². The van der Waals surface area contributed by atoms with Gasteiger partial charge < -0.3 is 16.0 Å². The lowest BCUT2D eigenvalue weighted by atomic mass is 9.93. The molecule has 0 spiro atoms. The lowest BCUT2D eigenvalue weighted by Crippen LogP contribution is -2.42. The number of nitrogens with one attached hydrogen (secondary N) is 2. The van der Waals surface area contributed by atoms with Crippen LogP contribution >= 0.6 is 0 Å². The van der Waals surface area contributed by atoms with Gasteiger partial charge in [-0.2, -0.15) is 18.3 Å². The summed E-state index contributed by atoms with van der Waals surface area (Å²) in [4.78, 5) is 18.8. The van der Waals surface area contributed by atoms with Crippen LogP contribution in [0.5, 0.6) is 0 Å². The van der Waals surface area contributed by atoms with Gasteiger partial charge in [-0.15, -0.1) is 0 Å². The van der Waals surface area contributed by atoms with E-state index in [4.69, 9.17) is 11.1 Å². The van der Waals surface area contributed by atoms with E-state index in [2.05, 4.69) is 21.8 Å². The van der Waals surface area contributed by atoms with Crippen LogP contribution in [0.1, 0.15) is 53.6 Å². The number of nitrogens with two attached hydrogens (primary N) is 1. The quantitative estimate of drug-likeness (QED) is 0.528. The smallest absolute Gasteiger partial charge is 0.394 e. The van der Waals surface area contributed by atoms with Gasteiger partial charge in [-0.3, -0.25) is 14.9 Å². The number of hydrogen-bond acceptors (Lipinski definition) is 5. The minimum absolute atomic E-state index is 0.0519. The molecule has 1 saturated heterocycles. The van der Waals surface area contributed by atoms with Gasteiger partial charge in [0.2, 0.25) is 0 Å². The van der Waals surface area contributed by atoms with Crippen molar-refractivity contribution in [3.8, 4) is 11.1 Å². The van der Waals surface area contributed by atoms with E-state index in [1.807, 2.05) is 6.92 Å². The van der Waals surface area contributed by atoms with E-state index in [0.29, 0.717) is 48.1 Å². The minimum atomic E-state index is -4.78. The molecule has 0 aromatic carbocycles. The van der Waals surface area contributed by atoms with Gasteiger partial charge in [0, 0.05) is 42.2 Å². The number of amides is 1. The second kappa shape index (κ2) is 9.37. The summed E-state index contributed by atoms with van der Waals surface area (Å²) in [5, 5.41) is 14.5. The van der Waals surface area contributed by atoms with Crippen molar-refractivity contribution in [1.29, 1.82) is 5.41 Å². The van der Waals surface area contributed by atoms with Crippen LogP contribution < -0.4 is 5.73 Å². The van der Waals surface area contributed by atoms with Gasteiger partial charge >= 0.3 is 6.18 Å². The third-order valence-corrected chi connectivity index (χ3v) is 5.42. The largest absolute Gasteiger partial charge is 0.431 e. The molecule has 1 amide bonds. The van der Waals surface area contributed by atoms with Gasteiger partial charge in [-0.1, -0.05) is 19.9 Å². The first-order valence-electron chi connectivity index (χ1n) is 10.3. The average molecular weight is 446 g/mol. The summed E-state index contributed by atoms with van der Waals surface area (Å²) in [6.45, 7) is 7.08. The van der Waals surface area contributed by atoms with Crippen molar-refractivity contribution in [3.63, 3.8) is 0 Å². The number of rotatable bonds is 8. The number of allylic oxidation sites excluding steroid dienone is 2. The molecule has 2 aromatic rings. The first kappa shape index (κ1) is 23.2. The highest BCUT2D eigenvalue weighted by atomic mass is 19.4. The van der Waals surface area contributed by atoms with Crippen molar-refractivity contribution < 1.29 is 18.0 Å². The summed E-state index contributed by atoms with van der Waals surface area (Å²) in [6, 6.07) is 1.50. The number of carbonyl (C=O) groups is 1. The number of aryl methyl sites for hydroxylation is 1. The molecule has 1 aliphatic rings. The summed E-state index contributed by atoms with van der Waals surface area (Å²) in [6.07, 6.45) is 1.82. The molecule has 7 nitrogen and oxygen atoms in total. The Labute approximate surface area is 183 Å². The van der Waals surface area contributed by atoms with Gasteiger partial charge in [-0.25, -0.2) is 0 Å². The number of H-pyrrole nitrogens is 1. The summed E-state index contributed by atoms with van der Waals surface area (Å²) >= 11 is 0. The summed E-state index contributed by atoms with van der Waals surface area (Å²) in [5.41, 5.74) is 5.88. The maximum absolute atomic E-state index is 13.2. The fourth-order valence-corrected chi connectivity index (χ4v) is 3.49. The first-order chi connectivity index (χ1) is 15.2. The van der Waals surface area contributed by atoms with Gasteiger partial charge in [0.25, 0.3) is 5.91 Å². The monoisotopic (exact) mass is 446 g/mol. The molecule has 10 heteroatoms. The number of hydrogen-bond donors (Lipinski definition) is 3. The highest BCUT2D eigenvalue weighted by molar-refractivity contribution is 6.09. The molecule has 0 unspecified atom stereocenters. The number of alkyl halides is 3. The normalized spacial score (nSPS) is 14.6. The SMILES string of the molecule is C=Cc1[nH]nc(C(=O)N2CCC2)c1-c1cnc(C(C=N)=C(N)C(F)(F)F)cc1CCCC. The van der Waals surface area contributed by atoms with E-state index in [1.54, 1.807) is 4.90 Å². The van der Waals surface area contributed by atoms with E-state index in [9.17, 15) is 18.0 Å². The molecule has 2 aromatic heterocycles. The lowest BCUT2D eigenvalue weighted by molar-refractivity contribution is -0.0919. The third-order valence-electron chi connectivity index (χ3n) is 5.42. The maximum Gasteiger partial charge on any atom is 0.431 e. The first-order valence-corrected chi connectivity index (χ1v) is 10.3. The molecule has 0 radical (unpaired) electrons. The molecule has 0 aliphatic carbocycles. The Morgan fingerprint density at radius 3 is 2.66 bits per heavy atom. The predicted molar refractivity (Wildman–Crippen MR) is 117 cm³/mol. The number of aromatic amines is 1. The highest BCUT2D eigenvalue weighted by Gasteiger charge is 2.35. The Bertz CT molecular complexity index is 1070. The Kier molecular flexibility index (Phi) is 6.81. The lowest BCUT2D eigenvalue weighted by Gasteiger charge is -2.30. The second-order valence-electron chi connectivity index (χ2n) is 7.51. The van der Waals surface area contributed by atoms with Crippen molar-refractivity contribution in [2.45, 2.75) is 38.8 Å². The Morgan fingerprint density at radius 2 is 2.12 bits per heavy atom. The maximum atomic E-state index is 13.2. The van der Waals surface area contributed by atoms with Crippen molar-refractivity contribution in [3.05, 3.63) is 47.2 Å². The van der Waals surface area contributed by atoms with Crippen LogP contribution in [0.25, 0.3) is 22.8 Å². The Hall–Kier alpha value is -3.43. The van der Waals surface area contributed by atoms with Crippen LogP contribution in [0.2, 0.25) is 0 Å².